The predicted molar refractivity (Wildman–Crippen MR) is 65.2 cm³/mol. The molecule has 0 amide bonds. The van der Waals surface area contributed by atoms with Crippen LogP contribution < -0.4 is 4.52 Å². The van der Waals surface area contributed by atoms with Gasteiger partial charge in [0.05, 0.1) is 25.6 Å². The summed E-state index contributed by atoms with van der Waals surface area (Å²) in [6.45, 7) is 0.903. The minimum atomic E-state index is -4.60. The lowest BCUT2D eigenvalue weighted by Crippen LogP contribution is -2.10. The van der Waals surface area contributed by atoms with Gasteiger partial charge in [-0.05, 0) is 13.8 Å². The first-order chi connectivity index (χ1) is 8.80. The smallest absolute Gasteiger partial charge is 0.421 e. The molecule has 0 spiro atoms. The van der Waals surface area contributed by atoms with E-state index in [9.17, 15) is 13.2 Å². The van der Waals surface area contributed by atoms with Crippen molar-refractivity contribution >= 4 is 18.5 Å². The fourth-order valence-corrected chi connectivity index (χ4v) is 3.10. The van der Waals surface area contributed by atoms with Gasteiger partial charge in [-0.25, -0.2) is 9.97 Å². The van der Waals surface area contributed by atoms with Crippen LogP contribution in [0.15, 0.2) is 12.4 Å². The van der Waals surface area contributed by atoms with E-state index in [1.165, 1.54) is 0 Å². The second-order valence-corrected chi connectivity index (χ2v) is 6.05. The van der Waals surface area contributed by atoms with E-state index in [0.717, 1.165) is 12.4 Å². The Kier molecular flexibility index (Phi) is 5.66. The molecule has 0 aliphatic heterocycles. The van der Waals surface area contributed by atoms with Crippen LogP contribution in [0, 0.1) is 0 Å². The van der Waals surface area contributed by atoms with Crippen molar-refractivity contribution in [3.05, 3.63) is 18.2 Å². The Bertz CT molecular complexity index is 445. The van der Waals surface area contributed by atoms with Crippen molar-refractivity contribution < 1.29 is 26.7 Å². The van der Waals surface area contributed by atoms with E-state index >= 15 is 0 Å². The molecule has 0 aliphatic carbocycles. The summed E-state index contributed by atoms with van der Waals surface area (Å²) in [5.74, 6) is -1.28. The zero-order chi connectivity index (χ0) is 14.5. The minimum Gasteiger partial charge on any atom is -0.421 e. The molecule has 19 heavy (non-hydrogen) atoms. The van der Waals surface area contributed by atoms with E-state index in [1.54, 1.807) is 13.8 Å². The van der Waals surface area contributed by atoms with E-state index in [1.807, 2.05) is 0 Å². The molecule has 0 fully saturated rings. The average Bonchev–Trinajstić information content (AvgIpc) is 2.28. The minimum absolute atomic E-state index is 0.0294. The molecule has 0 atom stereocenters. The maximum Gasteiger partial charge on any atom is 0.451 e. The van der Waals surface area contributed by atoms with Crippen LogP contribution in [0.5, 0.6) is 5.75 Å². The average molecular weight is 316 g/mol. The van der Waals surface area contributed by atoms with Crippen LogP contribution >= 0.6 is 6.72 Å². The van der Waals surface area contributed by atoms with Crippen molar-refractivity contribution in [1.82, 2.24) is 9.97 Å². The summed E-state index contributed by atoms with van der Waals surface area (Å²) >= 11 is 5.06. The van der Waals surface area contributed by atoms with Crippen LogP contribution in [0.4, 0.5) is 13.2 Å². The summed E-state index contributed by atoms with van der Waals surface area (Å²) in [6, 6.07) is 0. The van der Waals surface area contributed by atoms with Crippen LogP contribution in [-0.4, -0.2) is 23.2 Å². The van der Waals surface area contributed by atoms with E-state index in [0.29, 0.717) is 0 Å². The maximum atomic E-state index is 12.3. The second-order valence-electron chi connectivity index (χ2n) is 3.11. The first-order valence-electron chi connectivity index (χ1n) is 5.28. The summed E-state index contributed by atoms with van der Waals surface area (Å²) in [6.07, 6.45) is -2.83. The molecule has 0 N–H and O–H groups in total. The Morgan fingerprint density at radius 3 is 2.00 bits per heavy atom. The first kappa shape index (κ1) is 16.3. The Morgan fingerprint density at radius 2 is 1.63 bits per heavy atom. The van der Waals surface area contributed by atoms with Gasteiger partial charge in [0.2, 0.25) is 5.82 Å². The molecule has 0 aliphatic rings. The largest absolute Gasteiger partial charge is 0.451 e. The second kappa shape index (κ2) is 6.60. The molecule has 10 heteroatoms. The van der Waals surface area contributed by atoms with Crippen molar-refractivity contribution in [2.45, 2.75) is 20.0 Å². The predicted octanol–water partition coefficient (Wildman–Crippen LogP) is 3.17. The normalized spacial score (nSPS) is 12.5. The number of halogens is 3. The SMILES string of the molecule is CCOP(=S)(OCC)Oc1cnc(C(F)(F)F)nc1. The Hall–Kier alpha value is -0.760. The van der Waals surface area contributed by atoms with Gasteiger partial charge in [0, 0.05) is 11.8 Å². The topological polar surface area (TPSA) is 53.5 Å². The van der Waals surface area contributed by atoms with E-state index in [2.05, 4.69) is 9.97 Å². The van der Waals surface area contributed by atoms with Crippen molar-refractivity contribution in [2.75, 3.05) is 13.2 Å². The lowest BCUT2D eigenvalue weighted by Gasteiger charge is -2.20. The number of nitrogens with zero attached hydrogens (tertiary/aromatic N) is 2. The highest BCUT2D eigenvalue weighted by Crippen LogP contribution is 2.49. The highest BCUT2D eigenvalue weighted by molar-refractivity contribution is 8.07. The third kappa shape index (κ3) is 5.02. The lowest BCUT2D eigenvalue weighted by atomic mass is 10.5. The summed E-state index contributed by atoms with van der Waals surface area (Å²) < 4.78 is 52.4. The van der Waals surface area contributed by atoms with Gasteiger partial charge < -0.3 is 4.52 Å². The maximum absolute atomic E-state index is 12.3. The van der Waals surface area contributed by atoms with Gasteiger partial charge in [0.15, 0.2) is 5.75 Å². The van der Waals surface area contributed by atoms with Gasteiger partial charge in [0.1, 0.15) is 0 Å². The zero-order valence-electron chi connectivity index (χ0n) is 10.2. The molecule has 0 saturated carbocycles. The highest BCUT2D eigenvalue weighted by Gasteiger charge is 2.34. The molecule has 5 nitrogen and oxygen atoms in total. The molecule has 1 rings (SSSR count). The van der Waals surface area contributed by atoms with Crippen molar-refractivity contribution in [2.24, 2.45) is 0 Å². The van der Waals surface area contributed by atoms with E-state index in [4.69, 9.17) is 25.4 Å². The fraction of sp³-hybridized carbons (Fsp3) is 0.556. The van der Waals surface area contributed by atoms with Gasteiger partial charge in [-0.2, -0.15) is 13.2 Å². The van der Waals surface area contributed by atoms with Gasteiger partial charge in [-0.15, -0.1) is 0 Å². The molecule has 0 radical (unpaired) electrons. The summed E-state index contributed by atoms with van der Waals surface area (Å²) in [5, 5.41) is 0. The van der Waals surface area contributed by atoms with Crippen LogP contribution in [-0.2, 0) is 27.0 Å². The van der Waals surface area contributed by atoms with Crippen LogP contribution in [0.1, 0.15) is 19.7 Å². The highest BCUT2D eigenvalue weighted by atomic mass is 32.5. The number of aromatic nitrogens is 2. The Labute approximate surface area is 113 Å². The molecule has 0 unspecified atom stereocenters. The monoisotopic (exact) mass is 316 g/mol. The van der Waals surface area contributed by atoms with Crippen LogP contribution in [0.2, 0.25) is 0 Å². The van der Waals surface area contributed by atoms with Gasteiger partial charge in [-0.3, -0.25) is 9.05 Å². The number of rotatable bonds is 6. The lowest BCUT2D eigenvalue weighted by molar-refractivity contribution is -0.145. The molecule has 0 aromatic carbocycles. The molecule has 0 bridgehead atoms. The van der Waals surface area contributed by atoms with E-state index in [-0.39, 0.29) is 19.0 Å². The standard InChI is InChI=1S/C9H12F3N2O3PS/c1-3-15-18(19,16-4-2)17-7-5-13-8(14-6-7)9(10,11)12/h5-6H,3-4H2,1-2H3. The molecule has 1 aromatic heterocycles. The Morgan fingerprint density at radius 1 is 1.16 bits per heavy atom. The first-order valence-corrected chi connectivity index (χ1v) is 7.84. The van der Waals surface area contributed by atoms with Crippen molar-refractivity contribution in [3.63, 3.8) is 0 Å². The quantitative estimate of drug-likeness (QED) is 0.751. The van der Waals surface area contributed by atoms with Crippen molar-refractivity contribution in [1.29, 1.82) is 0 Å². The Balaban J connectivity index is 2.84. The van der Waals surface area contributed by atoms with Gasteiger partial charge in [0.25, 0.3) is 0 Å². The van der Waals surface area contributed by atoms with Crippen LogP contribution in [0.3, 0.4) is 0 Å². The summed E-state index contributed by atoms with van der Waals surface area (Å²) in [4.78, 5) is 6.31. The summed E-state index contributed by atoms with van der Waals surface area (Å²) in [7, 11) is 0. The molecular weight excluding hydrogens is 304 g/mol. The third-order valence-electron chi connectivity index (χ3n) is 1.67. The number of alkyl halides is 3. The molecular formula is C9H12F3N2O3PS. The fourth-order valence-electron chi connectivity index (χ4n) is 1.05. The molecule has 1 heterocycles. The molecule has 0 saturated heterocycles. The van der Waals surface area contributed by atoms with Crippen LogP contribution in [0.25, 0.3) is 0 Å². The molecule has 1 aromatic rings. The van der Waals surface area contributed by atoms with Gasteiger partial charge in [-0.1, -0.05) is 0 Å². The van der Waals surface area contributed by atoms with E-state index < -0.39 is 18.7 Å². The molecule has 108 valence electrons. The number of hydrogen-bond acceptors (Lipinski definition) is 6. The zero-order valence-corrected chi connectivity index (χ0v) is 11.9. The third-order valence-corrected chi connectivity index (χ3v) is 4.11. The summed E-state index contributed by atoms with van der Waals surface area (Å²) in [5.41, 5.74) is 0. The number of hydrogen-bond donors (Lipinski definition) is 0. The van der Waals surface area contributed by atoms with Gasteiger partial charge >= 0.3 is 12.9 Å². The van der Waals surface area contributed by atoms with Crippen molar-refractivity contribution in [3.8, 4) is 5.75 Å².